The van der Waals surface area contributed by atoms with Crippen molar-refractivity contribution in [3.63, 3.8) is 0 Å². The molecule has 1 unspecified atom stereocenters. The number of piperidine rings is 1. The molecule has 1 amide bonds. The second-order valence-electron chi connectivity index (χ2n) is 9.29. The predicted molar refractivity (Wildman–Crippen MR) is 143 cm³/mol. The van der Waals surface area contributed by atoms with Crippen molar-refractivity contribution >= 4 is 40.1 Å². The standard InChI is InChI=1S/C26H29F3N6O3S/c1-16(12-22(30)26(27,28)29)31-14-23(36)35-10-8-18(9-11-35)25-32-20(15-39-25)19-13-21(38-33-19)24(34-37-2)17-6-4-3-5-7-17/h3-7,15,18,21,30H,8-14H2,1-2H3. The molecule has 1 saturated heterocycles. The highest BCUT2D eigenvalue weighted by Crippen LogP contribution is 2.32. The van der Waals surface area contributed by atoms with E-state index < -0.39 is 18.3 Å². The van der Waals surface area contributed by atoms with Crippen LogP contribution in [0.3, 0.4) is 0 Å². The summed E-state index contributed by atoms with van der Waals surface area (Å²) in [5, 5.41) is 18.4. The SMILES string of the molecule is CON=C(c1ccccc1)C1CC(c2csc(C3CCN(C(=O)CN=C(C)CC(=N)C(F)(F)F)CC3)n2)=NO1. The van der Waals surface area contributed by atoms with Crippen LogP contribution >= 0.6 is 11.3 Å². The molecule has 1 aromatic heterocycles. The summed E-state index contributed by atoms with van der Waals surface area (Å²) in [6, 6.07) is 9.63. The fourth-order valence-corrected chi connectivity index (χ4v) is 5.38. The number of benzene rings is 1. The van der Waals surface area contributed by atoms with Gasteiger partial charge in [-0.25, -0.2) is 4.98 Å². The number of nitrogens with zero attached hydrogens (tertiary/aromatic N) is 5. The maximum absolute atomic E-state index is 12.5. The Kier molecular flexibility index (Phi) is 9.10. The molecule has 2 aromatic rings. The molecule has 3 heterocycles. The zero-order valence-electron chi connectivity index (χ0n) is 21.6. The third kappa shape index (κ3) is 7.28. The topological polar surface area (TPSA) is 113 Å². The van der Waals surface area contributed by atoms with E-state index in [1.54, 1.807) is 16.2 Å². The van der Waals surface area contributed by atoms with Gasteiger partial charge in [0.2, 0.25) is 5.91 Å². The van der Waals surface area contributed by atoms with E-state index in [1.165, 1.54) is 14.0 Å². The maximum atomic E-state index is 12.5. The number of alkyl halides is 3. The van der Waals surface area contributed by atoms with Crippen molar-refractivity contribution < 1.29 is 27.6 Å². The van der Waals surface area contributed by atoms with Crippen molar-refractivity contribution in [2.75, 3.05) is 26.7 Å². The van der Waals surface area contributed by atoms with Gasteiger partial charge in [-0.2, -0.15) is 13.2 Å². The first-order valence-corrected chi connectivity index (χ1v) is 13.3. The van der Waals surface area contributed by atoms with Gasteiger partial charge in [-0.3, -0.25) is 9.79 Å². The molecule has 1 N–H and O–H groups in total. The monoisotopic (exact) mass is 562 g/mol. The number of hydrogen-bond acceptors (Lipinski definition) is 9. The molecule has 39 heavy (non-hydrogen) atoms. The van der Waals surface area contributed by atoms with Crippen LogP contribution in [0.1, 0.15) is 54.8 Å². The molecular weight excluding hydrogens is 533 g/mol. The number of carbonyl (C=O) groups is 1. The number of nitrogens with one attached hydrogen (secondary N) is 1. The Morgan fingerprint density at radius 1 is 1.26 bits per heavy atom. The number of amides is 1. The van der Waals surface area contributed by atoms with Gasteiger partial charge in [-0.15, -0.1) is 11.3 Å². The largest absolute Gasteiger partial charge is 0.429 e. The van der Waals surface area contributed by atoms with Gasteiger partial charge >= 0.3 is 6.18 Å². The van der Waals surface area contributed by atoms with Crippen LogP contribution in [-0.2, 0) is 14.5 Å². The Balaban J connectivity index is 1.28. The van der Waals surface area contributed by atoms with E-state index in [1.807, 2.05) is 35.7 Å². The van der Waals surface area contributed by atoms with Crippen LogP contribution in [0.15, 0.2) is 51.0 Å². The van der Waals surface area contributed by atoms with Crippen LogP contribution in [0.2, 0.25) is 0 Å². The van der Waals surface area contributed by atoms with Crippen LogP contribution in [0, 0.1) is 5.41 Å². The van der Waals surface area contributed by atoms with Crippen molar-refractivity contribution in [1.82, 2.24) is 9.88 Å². The molecule has 1 fully saturated rings. The number of aromatic nitrogens is 1. The Hall–Kier alpha value is -3.61. The predicted octanol–water partition coefficient (Wildman–Crippen LogP) is 4.83. The summed E-state index contributed by atoms with van der Waals surface area (Å²) in [6.45, 7) is 2.22. The first kappa shape index (κ1) is 28.4. The van der Waals surface area contributed by atoms with Crippen LogP contribution in [0.25, 0.3) is 0 Å². The van der Waals surface area contributed by atoms with Gasteiger partial charge < -0.3 is 20.0 Å². The van der Waals surface area contributed by atoms with Gasteiger partial charge in [-0.05, 0) is 19.8 Å². The van der Waals surface area contributed by atoms with Crippen molar-refractivity contribution in [1.29, 1.82) is 5.41 Å². The molecule has 1 atom stereocenters. The van der Waals surface area contributed by atoms with Crippen LogP contribution in [0.5, 0.6) is 0 Å². The van der Waals surface area contributed by atoms with Crippen molar-refractivity contribution in [3.8, 4) is 0 Å². The van der Waals surface area contributed by atoms with E-state index in [9.17, 15) is 18.0 Å². The fraction of sp³-hybridized carbons (Fsp3) is 0.462. The van der Waals surface area contributed by atoms with Crippen LogP contribution in [0.4, 0.5) is 13.2 Å². The van der Waals surface area contributed by atoms with Crippen LogP contribution in [-0.4, -0.2) is 77.7 Å². The van der Waals surface area contributed by atoms with Crippen molar-refractivity contribution in [2.24, 2.45) is 15.3 Å². The molecule has 9 nitrogen and oxygen atoms in total. The Bertz CT molecular complexity index is 1270. The van der Waals surface area contributed by atoms with E-state index in [-0.39, 0.29) is 30.2 Å². The zero-order chi connectivity index (χ0) is 28.0. The minimum atomic E-state index is -4.68. The summed E-state index contributed by atoms with van der Waals surface area (Å²) < 4.78 is 37.6. The summed E-state index contributed by atoms with van der Waals surface area (Å²) in [5.41, 5.74) is 1.79. The molecule has 0 spiro atoms. The summed E-state index contributed by atoms with van der Waals surface area (Å²) >= 11 is 1.55. The average molecular weight is 563 g/mol. The Morgan fingerprint density at radius 3 is 2.64 bits per heavy atom. The second-order valence-corrected chi connectivity index (χ2v) is 10.2. The number of aliphatic imine (C=N–C) groups is 1. The number of carbonyl (C=O) groups excluding carboxylic acids is 1. The van der Waals surface area contributed by atoms with Gasteiger partial charge in [0, 0.05) is 48.5 Å². The van der Waals surface area contributed by atoms with E-state index in [0.29, 0.717) is 25.2 Å². The molecular formula is C26H29F3N6O3S. The summed E-state index contributed by atoms with van der Waals surface area (Å²) in [6.07, 6.45) is -3.72. The van der Waals surface area contributed by atoms with Gasteiger partial charge in [0.05, 0.1) is 10.7 Å². The number of likely N-dealkylation sites (tertiary alicyclic amines) is 1. The summed E-state index contributed by atoms with van der Waals surface area (Å²) in [4.78, 5) is 33.7. The molecule has 2 aliphatic heterocycles. The Morgan fingerprint density at radius 2 is 1.97 bits per heavy atom. The van der Waals surface area contributed by atoms with Gasteiger partial charge in [-0.1, -0.05) is 40.6 Å². The molecule has 0 saturated carbocycles. The minimum Gasteiger partial charge on any atom is -0.399 e. The lowest BCUT2D eigenvalue weighted by molar-refractivity contribution is -0.130. The summed E-state index contributed by atoms with van der Waals surface area (Å²) in [7, 11) is 1.49. The maximum Gasteiger partial charge on any atom is 0.429 e. The van der Waals surface area contributed by atoms with E-state index >= 15 is 0 Å². The fourth-order valence-electron chi connectivity index (χ4n) is 4.38. The van der Waals surface area contributed by atoms with E-state index in [0.717, 1.165) is 34.8 Å². The first-order chi connectivity index (χ1) is 18.7. The zero-order valence-corrected chi connectivity index (χ0v) is 22.4. The lowest BCUT2D eigenvalue weighted by Gasteiger charge is -2.30. The van der Waals surface area contributed by atoms with Gasteiger partial charge in [0.25, 0.3) is 0 Å². The molecule has 0 aliphatic carbocycles. The number of hydrogen-bond donors (Lipinski definition) is 1. The summed E-state index contributed by atoms with van der Waals surface area (Å²) in [5.74, 6) is -0.0411. The highest BCUT2D eigenvalue weighted by molar-refractivity contribution is 7.10. The highest BCUT2D eigenvalue weighted by Gasteiger charge is 2.34. The van der Waals surface area contributed by atoms with E-state index in [4.69, 9.17) is 20.1 Å². The smallest absolute Gasteiger partial charge is 0.399 e. The van der Waals surface area contributed by atoms with Gasteiger partial charge in [0.15, 0.2) is 6.10 Å². The molecule has 1 aromatic carbocycles. The normalized spacial score (nSPS) is 19.1. The molecule has 208 valence electrons. The molecule has 2 aliphatic rings. The quantitative estimate of drug-likeness (QED) is 0.349. The molecule has 13 heteroatoms. The van der Waals surface area contributed by atoms with E-state index in [2.05, 4.69) is 15.3 Å². The van der Waals surface area contributed by atoms with Crippen molar-refractivity contribution in [2.45, 2.75) is 50.8 Å². The average Bonchev–Trinajstić information content (AvgIpc) is 3.61. The van der Waals surface area contributed by atoms with Gasteiger partial charge in [0.1, 0.15) is 30.8 Å². The lowest BCUT2D eigenvalue weighted by atomic mass is 9.97. The Labute approximate surface area is 227 Å². The molecule has 0 radical (unpaired) electrons. The molecule has 4 rings (SSSR count). The lowest BCUT2D eigenvalue weighted by Crippen LogP contribution is -2.39. The molecule has 0 bridgehead atoms. The number of thiazole rings is 1. The number of halogens is 3. The van der Waals surface area contributed by atoms with Crippen molar-refractivity contribution in [3.05, 3.63) is 52.0 Å². The number of oxime groups is 2. The first-order valence-electron chi connectivity index (χ1n) is 12.4. The minimum absolute atomic E-state index is 0.112. The van der Waals surface area contributed by atoms with Crippen LogP contribution < -0.4 is 0 Å². The second kappa shape index (κ2) is 12.5. The third-order valence-corrected chi connectivity index (χ3v) is 7.51. The highest BCUT2D eigenvalue weighted by atomic mass is 32.1. The number of rotatable bonds is 9. The third-order valence-electron chi connectivity index (χ3n) is 6.51.